The number of nitrogens with one attached hydrogen (secondary N) is 12. The molecule has 1 aromatic rings. The van der Waals surface area contributed by atoms with Crippen molar-refractivity contribution >= 4 is 88.7 Å². The van der Waals surface area contributed by atoms with Gasteiger partial charge in [0.2, 0.25) is 70.9 Å². The van der Waals surface area contributed by atoms with E-state index < -0.39 is 215 Å². The Balaban J connectivity index is 1.97. The lowest BCUT2D eigenvalue weighted by molar-refractivity contribution is -0.157. The van der Waals surface area contributed by atoms with Crippen molar-refractivity contribution in [3.05, 3.63) is 47.7 Å². The second-order valence-corrected chi connectivity index (χ2v) is 31.0. The van der Waals surface area contributed by atoms with Crippen LogP contribution in [0, 0.1) is 47.3 Å². The van der Waals surface area contributed by atoms with Crippen LogP contribution in [0.1, 0.15) is 207 Å². The third-order valence-electron chi connectivity index (χ3n) is 19.4. The molecule has 15 N–H and O–H groups in total. The highest BCUT2D eigenvalue weighted by molar-refractivity contribution is 6.03. The van der Waals surface area contributed by atoms with Gasteiger partial charge in [-0.05, 0) is 112 Å². The predicted octanol–water partition coefficient (Wildman–Crippen LogP) is 2.71. The molecule has 606 valence electrons. The molecule has 0 aliphatic carbocycles. The largest absolute Gasteiger partial charge is 0.481 e. The second kappa shape index (κ2) is 45.7. The van der Waals surface area contributed by atoms with E-state index in [0.29, 0.717) is 24.3 Å². The van der Waals surface area contributed by atoms with E-state index in [1.54, 1.807) is 127 Å². The third-order valence-corrected chi connectivity index (χ3v) is 19.4. The molecule has 2 fully saturated rings. The fourth-order valence-corrected chi connectivity index (χ4v) is 12.5. The van der Waals surface area contributed by atoms with Gasteiger partial charge in [-0.15, -0.1) is 0 Å². The number of nitrogens with zero attached hydrogens (tertiary/aromatic N) is 1. The number of nitrogens with two attached hydrogens (primary N) is 1. The van der Waals surface area contributed by atoms with Gasteiger partial charge >= 0.3 is 11.9 Å². The van der Waals surface area contributed by atoms with Crippen molar-refractivity contribution < 1.29 is 81.8 Å². The van der Waals surface area contributed by atoms with Crippen LogP contribution in [0.3, 0.4) is 0 Å². The van der Waals surface area contributed by atoms with E-state index in [1.165, 1.54) is 24.8 Å². The number of benzene rings is 1. The molecule has 2 heterocycles. The van der Waals surface area contributed by atoms with Crippen LogP contribution in [-0.4, -0.2) is 190 Å². The van der Waals surface area contributed by atoms with E-state index >= 15 is 4.79 Å². The summed E-state index contributed by atoms with van der Waals surface area (Å²) in [5.41, 5.74) is 6.33. The van der Waals surface area contributed by atoms with Crippen molar-refractivity contribution in [2.24, 2.45) is 53.1 Å². The number of cyclic esters (lactones) is 1. The fraction of sp³-hybridized carbons (Fsp3) is 0.701. The molecule has 2 aliphatic heterocycles. The number of rotatable bonds is 36. The highest BCUT2D eigenvalue weighted by atomic mass is 16.5. The molecule has 1 aromatic carbocycles. The molecule has 31 nitrogen and oxygen atoms in total. The first kappa shape index (κ1) is 93.2. The number of hydrogen-bond acceptors (Lipinski definition) is 17. The lowest BCUT2D eigenvalue weighted by atomic mass is 9.96. The summed E-state index contributed by atoms with van der Waals surface area (Å²) < 4.78 is 5.94. The van der Waals surface area contributed by atoms with E-state index in [2.05, 4.69) is 77.6 Å². The first-order valence-corrected chi connectivity index (χ1v) is 38.5. The first-order chi connectivity index (χ1) is 50.7. The van der Waals surface area contributed by atoms with E-state index in [9.17, 15) is 72.2 Å². The first-order valence-electron chi connectivity index (χ1n) is 38.5. The van der Waals surface area contributed by atoms with Crippen molar-refractivity contribution in [3.8, 4) is 0 Å². The molecule has 0 bridgehead atoms. The smallest absolute Gasteiger partial charge is 0.329 e. The Kier molecular flexibility index (Phi) is 39.4. The van der Waals surface area contributed by atoms with E-state index in [4.69, 9.17) is 10.5 Å². The molecule has 2 aliphatic rings. The number of carboxylic acids is 1. The van der Waals surface area contributed by atoms with Gasteiger partial charge in [0.15, 0.2) is 0 Å². The van der Waals surface area contributed by atoms with Crippen LogP contribution in [0.2, 0.25) is 0 Å². The van der Waals surface area contributed by atoms with Crippen molar-refractivity contribution in [3.63, 3.8) is 0 Å². The minimum atomic E-state index is -1.83. The van der Waals surface area contributed by atoms with Crippen LogP contribution in [-0.2, 0) is 83.1 Å². The van der Waals surface area contributed by atoms with Crippen LogP contribution < -0.4 is 69.5 Å². The topological polar surface area (TPSA) is 459 Å². The molecule has 0 aromatic heterocycles. The van der Waals surface area contributed by atoms with Gasteiger partial charge in [0, 0.05) is 25.8 Å². The molecule has 0 radical (unpaired) electrons. The van der Waals surface area contributed by atoms with E-state index in [0.717, 1.165) is 19.3 Å². The molecular formula is C77H126N14O17. The van der Waals surface area contributed by atoms with Gasteiger partial charge in [0.1, 0.15) is 84.3 Å². The minimum absolute atomic E-state index is 0.0393. The van der Waals surface area contributed by atoms with Crippen molar-refractivity contribution in [2.45, 2.75) is 287 Å². The summed E-state index contributed by atoms with van der Waals surface area (Å²) in [6.45, 7) is 30.2. The van der Waals surface area contributed by atoms with E-state index in [-0.39, 0.29) is 63.7 Å². The Morgan fingerprint density at radius 1 is 0.583 bits per heavy atom. The normalized spacial score (nSPS) is 21.7. The summed E-state index contributed by atoms with van der Waals surface area (Å²) in [7, 11) is 0. The molecule has 3 rings (SSSR count). The number of carboxylic acid groups (broad SMARTS) is 1. The summed E-state index contributed by atoms with van der Waals surface area (Å²) in [4.78, 5) is 214. The van der Waals surface area contributed by atoms with Gasteiger partial charge in [-0.25, -0.2) is 4.79 Å². The number of hydrogen-bond donors (Lipinski definition) is 14. The maximum atomic E-state index is 15.0. The highest BCUT2D eigenvalue weighted by Gasteiger charge is 2.44. The van der Waals surface area contributed by atoms with Crippen molar-refractivity contribution in [2.75, 3.05) is 13.1 Å². The molecule has 0 spiro atoms. The molecular weight excluding hydrogens is 1390 g/mol. The number of esters is 1. The zero-order valence-electron chi connectivity index (χ0n) is 66.7. The monoisotopic (exact) mass is 1520 g/mol. The van der Waals surface area contributed by atoms with Gasteiger partial charge < -0.3 is 84.3 Å². The van der Waals surface area contributed by atoms with Crippen LogP contribution in [0.15, 0.2) is 42.1 Å². The van der Waals surface area contributed by atoms with Crippen LogP contribution in [0.25, 0.3) is 0 Å². The van der Waals surface area contributed by atoms with Gasteiger partial charge in [0.25, 0.3) is 5.91 Å². The average molecular weight is 1520 g/mol. The summed E-state index contributed by atoms with van der Waals surface area (Å²) >= 11 is 0. The molecule has 8 unspecified atom stereocenters. The summed E-state index contributed by atoms with van der Waals surface area (Å²) in [5.74, 6) is -16.5. The lowest BCUT2D eigenvalue weighted by Gasteiger charge is -2.33. The number of ether oxygens (including phenoxy) is 1. The van der Waals surface area contributed by atoms with Gasteiger partial charge in [-0.1, -0.05) is 173 Å². The maximum absolute atomic E-state index is 15.0. The van der Waals surface area contributed by atoms with Crippen molar-refractivity contribution in [1.29, 1.82) is 0 Å². The van der Waals surface area contributed by atoms with E-state index in [1.807, 2.05) is 0 Å². The maximum Gasteiger partial charge on any atom is 0.329 e. The fourth-order valence-electron chi connectivity index (χ4n) is 12.5. The lowest BCUT2D eigenvalue weighted by Crippen LogP contribution is -2.64. The molecule has 0 saturated carbocycles. The minimum Gasteiger partial charge on any atom is -0.481 e. The Hall–Kier alpha value is -9.03. The SMILES string of the molecule is C/C=C1\NC(=O)[C@H](Cc2ccccc2)NC(=O)C(C(C)C)NC(=O)C(C(C)C)NC(=O)[C@H](NC(=O)[C@H](NC(=O)[C@H](CCCN)NC(=O)[C@H]2CCCN2C(=O)C(NC(=O)C(NC(=O)C(NC(=O)[C@@H](CCC(=O)O)NC(=O)CCCCCC(C)C)C(C)C)C(C)C)C(C)C)C(C)CC)C(C)OC(=O)C(C(C)C)NC1=O. The molecule has 14 atom stereocenters. The third kappa shape index (κ3) is 29.5. The predicted molar refractivity (Wildman–Crippen MR) is 405 cm³/mol. The van der Waals surface area contributed by atoms with Gasteiger partial charge in [0.05, 0.1) is 0 Å². The van der Waals surface area contributed by atoms with Crippen molar-refractivity contribution in [1.82, 2.24) is 68.7 Å². The number of allylic oxidation sites excluding steroid dienone is 1. The Labute approximate surface area is 637 Å². The summed E-state index contributed by atoms with van der Waals surface area (Å²) in [6.07, 6.45) is 3.21. The number of aliphatic carboxylic acids is 1. The van der Waals surface area contributed by atoms with Crippen LogP contribution in [0.4, 0.5) is 0 Å². The van der Waals surface area contributed by atoms with Gasteiger partial charge in [-0.2, -0.15) is 0 Å². The average Bonchev–Trinajstić information content (AvgIpc) is 1.44. The number of unbranched alkanes of at least 4 members (excludes halogenated alkanes) is 2. The Morgan fingerprint density at radius 2 is 1.11 bits per heavy atom. The number of likely N-dealkylation sites (tertiary alicyclic amines) is 1. The molecule has 13 amide bonds. The molecule has 31 heteroatoms. The van der Waals surface area contributed by atoms with Crippen LogP contribution >= 0.6 is 0 Å². The molecule has 2 saturated heterocycles. The number of amides is 13. The Morgan fingerprint density at radius 3 is 1.63 bits per heavy atom. The zero-order chi connectivity index (χ0) is 81.6. The van der Waals surface area contributed by atoms with Crippen LogP contribution in [0.5, 0.6) is 0 Å². The zero-order valence-corrected chi connectivity index (χ0v) is 66.7. The second-order valence-electron chi connectivity index (χ2n) is 31.0. The molecule has 108 heavy (non-hydrogen) atoms. The Bertz CT molecular complexity index is 3270. The quantitative estimate of drug-likeness (QED) is 0.0261. The summed E-state index contributed by atoms with van der Waals surface area (Å²) in [6, 6.07) is -7.64. The summed E-state index contributed by atoms with van der Waals surface area (Å²) in [5, 5.41) is 41.8. The number of carbonyl (C=O) groups excluding carboxylic acids is 14. The standard InChI is InChI=1S/C77H126N14O17/c1-19-47(17)63(74(104)90-64-48(18)108-77(107)62(46(15)16)88-65(95)50(20-2)80-68(98)53(39-49-30-24-22-25-31-49)82-70(100)57(41(5)6)84-72(102)59(43(9)10)86-75(64)105)89-66(96)51(32-27-37-78)81-69(99)54-33-28-38-91(54)76(106)61(45(13)14)87-73(103)60(44(11)12)85-71(101)58(42(7)8)83-67(97)52(35-36-56(93)94)79-55(92)34-26-21-23-29-40(3)4/h20,22,24-25,30-31,40-48,51-54,57-64H,19,21,23,26-29,32-39,78H2,1-18H3,(H,79,92)(H,80,98)(H,81,99)(H,82,100)(H,83,97)(H,84,102)(H,85,101)(H,86,105)(H,87,103)(H,88,95)(H,89,96)(H,90,104)(H,93,94)/b50-20-/t47?,48?,51-,52+,53-,54+,57?,58?,59?,60?,61?,62?,63+,64+/m0/s1. The van der Waals surface area contributed by atoms with Gasteiger partial charge in [-0.3, -0.25) is 67.1 Å². The number of carbonyl (C=O) groups is 15. The highest BCUT2D eigenvalue weighted by Crippen LogP contribution is 2.23.